The van der Waals surface area contributed by atoms with E-state index in [4.69, 9.17) is 4.74 Å². The predicted octanol–water partition coefficient (Wildman–Crippen LogP) is 3.18. The SMILES string of the molecule is CCOc1ccc(C(=O)Nc2cnc(N3CCCCC3)nc2N(C)C)cc1. The van der Waals surface area contributed by atoms with E-state index in [1.165, 1.54) is 6.42 Å². The molecule has 1 aliphatic rings. The predicted molar refractivity (Wildman–Crippen MR) is 108 cm³/mol. The summed E-state index contributed by atoms with van der Waals surface area (Å²) in [5.74, 6) is 1.97. The summed E-state index contributed by atoms with van der Waals surface area (Å²) in [7, 11) is 3.82. The van der Waals surface area contributed by atoms with Crippen LogP contribution in [-0.2, 0) is 0 Å². The molecule has 3 rings (SSSR count). The molecule has 0 aliphatic carbocycles. The van der Waals surface area contributed by atoms with Crippen molar-refractivity contribution in [2.75, 3.05) is 48.9 Å². The number of piperidine rings is 1. The van der Waals surface area contributed by atoms with Gasteiger partial charge in [-0.2, -0.15) is 4.98 Å². The minimum atomic E-state index is -0.199. The third-order valence-electron chi connectivity index (χ3n) is 4.49. The molecular formula is C20H27N5O2. The summed E-state index contributed by atoms with van der Waals surface area (Å²) in [4.78, 5) is 25.9. The normalized spacial score (nSPS) is 14.0. The number of hydrogen-bond acceptors (Lipinski definition) is 6. The zero-order valence-electron chi connectivity index (χ0n) is 16.2. The van der Waals surface area contributed by atoms with E-state index in [2.05, 4.69) is 20.2 Å². The molecular weight excluding hydrogens is 342 g/mol. The Kier molecular flexibility index (Phi) is 6.11. The van der Waals surface area contributed by atoms with Crippen molar-refractivity contribution in [1.29, 1.82) is 0 Å². The van der Waals surface area contributed by atoms with Crippen LogP contribution in [-0.4, -0.2) is 49.7 Å². The lowest BCUT2D eigenvalue weighted by Gasteiger charge is -2.28. The highest BCUT2D eigenvalue weighted by molar-refractivity contribution is 6.05. The fourth-order valence-corrected chi connectivity index (χ4v) is 3.10. The molecule has 0 spiro atoms. The Hall–Kier alpha value is -2.83. The van der Waals surface area contributed by atoms with Gasteiger partial charge in [-0.05, 0) is 50.5 Å². The summed E-state index contributed by atoms with van der Waals surface area (Å²) >= 11 is 0. The third kappa shape index (κ3) is 4.67. The van der Waals surface area contributed by atoms with Crippen molar-refractivity contribution < 1.29 is 9.53 Å². The molecule has 1 aliphatic heterocycles. The largest absolute Gasteiger partial charge is 0.494 e. The first-order valence-corrected chi connectivity index (χ1v) is 9.42. The number of nitrogens with one attached hydrogen (secondary N) is 1. The molecule has 1 saturated heterocycles. The monoisotopic (exact) mass is 369 g/mol. The maximum absolute atomic E-state index is 12.6. The fourth-order valence-electron chi connectivity index (χ4n) is 3.10. The van der Waals surface area contributed by atoms with Gasteiger partial charge in [-0.25, -0.2) is 4.98 Å². The molecule has 7 heteroatoms. The van der Waals surface area contributed by atoms with Crippen LogP contribution in [0.25, 0.3) is 0 Å². The molecule has 0 unspecified atom stereocenters. The number of carbonyl (C=O) groups excluding carboxylic acids is 1. The smallest absolute Gasteiger partial charge is 0.255 e. The van der Waals surface area contributed by atoms with E-state index >= 15 is 0 Å². The molecule has 2 heterocycles. The third-order valence-corrected chi connectivity index (χ3v) is 4.49. The van der Waals surface area contributed by atoms with E-state index in [1.54, 1.807) is 30.5 Å². The lowest BCUT2D eigenvalue weighted by Crippen LogP contribution is -2.31. The number of aromatic nitrogens is 2. The summed E-state index contributed by atoms with van der Waals surface area (Å²) in [6, 6.07) is 7.08. The van der Waals surface area contributed by atoms with E-state index < -0.39 is 0 Å². The van der Waals surface area contributed by atoms with E-state index in [0.717, 1.165) is 37.6 Å². The second-order valence-corrected chi connectivity index (χ2v) is 6.76. The van der Waals surface area contributed by atoms with Gasteiger partial charge in [-0.15, -0.1) is 0 Å². The van der Waals surface area contributed by atoms with Crippen LogP contribution in [0.5, 0.6) is 5.75 Å². The summed E-state index contributed by atoms with van der Waals surface area (Å²) in [6.45, 7) is 4.48. The van der Waals surface area contributed by atoms with Gasteiger partial charge in [-0.1, -0.05) is 0 Å². The molecule has 144 valence electrons. The zero-order chi connectivity index (χ0) is 19.2. The summed E-state index contributed by atoms with van der Waals surface area (Å²) in [5, 5.41) is 2.92. The molecule has 0 saturated carbocycles. The highest BCUT2D eigenvalue weighted by Crippen LogP contribution is 2.26. The molecule has 27 heavy (non-hydrogen) atoms. The van der Waals surface area contributed by atoms with Crippen LogP contribution < -0.4 is 19.9 Å². The number of rotatable bonds is 6. The van der Waals surface area contributed by atoms with Crippen LogP contribution in [0, 0.1) is 0 Å². The van der Waals surface area contributed by atoms with Crippen molar-refractivity contribution in [3.8, 4) is 5.75 Å². The zero-order valence-corrected chi connectivity index (χ0v) is 16.2. The molecule has 0 radical (unpaired) electrons. The Morgan fingerprint density at radius 2 is 1.89 bits per heavy atom. The van der Waals surface area contributed by atoms with Crippen molar-refractivity contribution in [2.24, 2.45) is 0 Å². The maximum Gasteiger partial charge on any atom is 0.255 e. The Bertz CT molecular complexity index is 770. The van der Waals surface area contributed by atoms with Crippen LogP contribution in [0.15, 0.2) is 30.5 Å². The van der Waals surface area contributed by atoms with Crippen molar-refractivity contribution in [1.82, 2.24) is 9.97 Å². The number of anilines is 3. The molecule has 7 nitrogen and oxygen atoms in total. The van der Waals surface area contributed by atoms with Crippen molar-refractivity contribution in [3.63, 3.8) is 0 Å². The first-order chi connectivity index (χ1) is 13.1. The molecule has 1 aromatic carbocycles. The number of nitrogens with zero attached hydrogens (tertiary/aromatic N) is 4. The maximum atomic E-state index is 12.6. The van der Waals surface area contributed by atoms with E-state index in [0.29, 0.717) is 23.7 Å². The minimum absolute atomic E-state index is 0.199. The van der Waals surface area contributed by atoms with E-state index in [1.807, 2.05) is 25.9 Å². The summed E-state index contributed by atoms with van der Waals surface area (Å²) in [5.41, 5.74) is 1.16. The van der Waals surface area contributed by atoms with Crippen LogP contribution in [0.3, 0.4) is 0 Å². The van der Waals surface area contributed by atoms with Crippen molar-refractivity contribution in [2.45, 2.75) is 26.2 Å². The van der Waals surface area contributed by atoms with Gasteiger partial charge < -0.3 is 19.9 Å². The number of benzene rings is 1. The number of hydrogen-bond donors (Lipinski definition) is 1. The topological polar surface area (TPSA) is 70.6 Å². The quantitative estimate of drug-likeness (QED) is 0.843. The molecule has 1 aromatic heterocycles. The average Bonchev–Trinajstić information content (AvgIpc) is 2.69. The Labute approximate surface area is 160 Å². The fraction of sp³-hybridized carbons (Fsp3) is 0.450. The Balaban J connectivity index is 1.77. The second kappa shape index (κ2) is 8.70. The average molecular weight is 369 g/mol. The molecule has 1 amide bonds. The number of ether oxygens (including phenoxy) is 1. The highest BCUT2D eigenvalue weighted by atomic mass is 16.5. The van der Waals surface area contributed by atoms with Gasteiger partial charge in [0.15, 0.2) is 5.82 Å². The molecule has 1 fully saturated rings. The summed E-state index contributed by atoms with van der Waals surface area (Å²) in [6.07, 6.45) is 5.28. The van der Waals surface area contributed by atoms with E-state index in [9.17, 15) is 4.79 Å². The highest BCUT2D eigenvalue weighted by Gasteiger charge is 2.18. The lowest BCUT2D eigenvalue weighted by molar-refractivity contribution is 0.102. The summed E-state index contributed by atoms with van der Waals surface area (Å²) < 4.78 is 5.42. The first kappa shape index (κ1) is 18.9. The van der Waals surface area contributed by atoms with Gasteiger partial charge in [0.2, 0.25) is 5.95 Å². The molecule has 0 atom stereocenters. The lowest BCUT2D eigenvalue weighted by atomic mass is 10.1. The van der Waals surface area contributed by atoms with Crippen LogP contribution in [0.1, 0.15) is 36.5 Å². The van der Waals surface area contributed by atoms with Crippen molar-refractivity contribution in [3.05, 3.63) is 36.0 Å². The number of amides is 1. The minimum Gasteiger partial charge on any atom is -0.494 e. The standard InChI is InChI=1S/C20H27N5O2/c1-4-27-16-10-8-15(9-11-16)19(26)22-17-14-21-20(23-18(17)24(2)3)25-12-6-5-7-13-25/h8-11,14H,4-7,12-13H2,1-3H3,(H,22,26). The van der Waals surface area contributed by atoms with Gasteiger partial charge in [-0.3, -0.25) is 4.79 Å². The Morgan fingerprint density at radius 3 is 2.52 bits per heavy atom. The van der Waals surface area contributed by atoms with Gasteiger partial charge in [0.1, 0.15) is 11.4 Å². The number of carbonyl (C=O) groups is 1. The van der Waals surface area contributed by atoms with Crippen molar-refractivity contribution >= 4 is 23.4 Å². The molecule has 2 aromatic rings. The van der Waals surface area contributed by atoms with Crippen LogP contribution in [0.2, 0.25) is 0 Å². The van der Waals surface area contributed by atoms with Crippen LogP contribution in [0.4, 0.5) is 17.5 Å². The molecule has 0 bridgehead atoms. The van der Waals surface area contributed by atoms with Gasteiger partial charge >= 0.3 is 0 Å². The molecule has 1 N–H and O–H groups in total. The van der Waals surface area contributed by atoms with Gasteiger partial charge in [0.05, 0.1) is 12.8 Å². The van der Waals surface area contributed by atoms with Crippen LogP contribution >= 0.6 is 0 Å². The Morgan fingerprint density at radius 1 is 1.19 bits per heavy atom. The van der Waals surface area contributed by atoms with Gasteiger partial charge in [0, 0.05) is 32.7 Å². The first-order valence-electron chi connectivity index (χ1n) is 9.42. The van der Waals surface area contributed by atoms with Gasteiger partial charge in [0.25, 0.3) is 5.91 Å². The van der Waals surface area contributed by atoms with E-state index in [-0.39, 0.29) is 5.91 Å². The second-order valence-electron chi connectivity index (χ2n) is 6.76.